The van der Waals surface area contributed by atoms with Gasteiger partial charge in [0.05, 0.1) is 10.9 Å². The Morgan fingerprint density at radius 3 is 2.60 bits per heavy atom. The number of Topliss-reactive ketones (excluding diaryl/α,β-unsaturated/α-hetero) is 1. The van der Waals surface area contributed by atoms with Crippen LogP contribution in [0.4, 0.5) is 5.69 Å². The molecule has 0 amide bonds. The second kappa shape index (κ2) is 12.3. The fourth-order valence-electron chi connectivity index (χ4n) is 4.47. The molecule has 2 N–H and O–H groups in total. The number of carbonyl (C=O) groups is 1. The van der Waals surface area contributed by atoms with Gasteiger partial charge < -0.3 is 10.7 Å². The summed E-state index contributed by atoms with van der Waals surface area (Å²) in [4.78, 5) is 14.0. The lowest BCUT2D eigenvalue weighted by Gasteiger charge is -2.18. The van der Waals surface area contributed by atoms with Gasteiger partial charge in [-0.3, -0.25) is 4.79 Å². The van der Waals surface area contributed by atoms with Gasteiger partial charge in [-0.1, -0.05) is 64.0 Å². The van der Waals surface area contributed by atoms with Gasteiger partial charge in [-0.05, 0) is 44.2 Å². The largest absolute Gasteiger partial charge is 0.358 e. The summed E-state index contributed by atoms with van der Waals surface area (Å²) >= 11 is 1.80. The van der Waals surface area contributed by atoms with Gasteiger partial charge in [0.2, 0.25) is 0 Å². The van der Waals surface area contributed by atoms with E-state index in [1.165, 1.54) is 43.4 Å². The van der Waals surface area contributed by atoms with Crippen molar-refractivity contribution < 1.29 is 4.79 Å². The van der Waals surface area contributed by atoms with Crippen LogP contribution in [0.25, 0.3) is 0 Å². The molecular formula is C26H38N2OS. The highest BCUT2D eigenvalue weighted by molar-refractivity contribution is 8.00. The zero-order valence-electron chi connectivity index (χ0n) is 18.6. The van der Waals surface area contributed by atoms with Gasteiger partial charge in [0, 0.05) is 34.7 Å². The lowest BCUT2D eigenvalue weighted by Crippen LogP contribution is -2.19. The first kappa shape index (κ1) is 23.1. The summed E-state index contributed by atoms with van der Waals surface area (Å²) in [7, 11) is 0. The molecule has 1 aromatic carbocycles. The number of fused-ring (bicyclic) bond motifs is 1. The van der Waals surface area contributed by atoms with Gasteiger partial charge >= 0.3 is 0 Å². The van der Waals surface area contributed by atoms with E-state index >= 15 is 0 Å². The van der Waals surface area contributed by atoms with Crippen LogP contribution in [0.2, 0.25) is 0 Å². The molecule has 4 heteroatoms. The first-order chi connectivity index (χ1) is 14.7. The minimum atomic E-state index is 0.125. The van der Waals surface area contributed by atoms with E-state index in [0.29, 0.717) is 12.2 Å². The molecule has 1 heterocycles. The van der Waals surface area contributed by atoms with Crippen molar-refractivity contribution in [2.75, 3.05) is 5.32 Å². The number of anilines is 1. The standard InChI is InChI=1S/C26H38N2OS/c1-2-3-4-5-6-7-10-15-21(27)26-19-23(20-14-9-8-11-17-24(20)29)28-22-16-12-13-18-25(22)30-26/h12-13,16,18,26-28H,2-11,14-15,17,19H2,1H3. The smallest absolute Gasteiger partial charge is 0.160 e. The van der Waals surface area contributed by atoms with Gasteiger partial charge in [-0.2, -0.15) is 0 Å². The van der Waals surface area contributed by atoms with Crippen LogP contribution in [0.15, 0.2) is 40.4 Å². The summed E-state index contributed by atoms with van der Waals surface area (Å²) < 4.78 is 0. The van der Waals surface area contributed by atoms with Crippen molar-refractivity contribution in [2.45, 2.75) is 107 Å². The molecule has 30 heavy (non-hydrogen) atoms. The van der Waals surface area contributed by atoms with Crippen molar-refractivity contribution in [3.63, 3.8) is 0 Å². The van der Waals surface area contributed by atoms with Crippen LogP contribution in [-0.2, 0) is 4.79 Å². The maximum Gasteiger partial charge on any atom is 0.160 e. The number of benzene rings is 1. The third-order valence-electron chi connectivity index (χ3n) is 6.30. The van der Waals surface area contributed by atoms with E-state index in [1.807, 2.05) is 6.07 Å². The van der Waals surface area contributed by atoms with Crippen molar-refractivity contribution in [2.24, 2.45) is 0 Å². The van der Waals surface area contributed by atoms with E-state index < -0.39 is 0 Å². The van der Waals surface area contributed by atoms with Crippen LogP contribution < -0.4 is 5.32 Å². The monoisotopic (exact) mass is 426 g/mol. The summed E-state index contributed by atoms with van der Waals surface area (Å²) in [5, 5.41) is 12.5. The Bertz CT molecular complexity index is 755. The summed E-state index contributed by atoms with van der Waals surface area (Å²) in [5.74, 6) is 0.316. The van der Waals surface area contributed by atoms with Gasteiger partial charge in [0.1, 0.15) is 0 Å². The van der Waals surface area contributed by atoms with E-state index in [1.54, 1.807) is 11.8 Å². The first-order valence-electron chi connectivity index (χ1n) is 12.0. The molecule has 3 nitrogen and oxygen atoms in total. The molecule has 0 spiro atoms. The molecular weight excluding hydrogens is 388 g/mol. The number of allylic oxidation sites excluding steroid dienone is 2. The molecule has 2 aliphatic rings. The van der Waals surface area contributed by atoms with Gasteiger partial charge in [0.15, 0.2) is 5.78 Å². The zero-order chi connectivity index (χ0) is 21.2. The quantitative estimate of drug-likeness (QED) is 0.182. The second-order valence-corrected chi connectivity index (χ2v) is 10.0. The normalized spacial score (nSPS) is 22.0. The molecule has 164 valence electrons. The number of nitrogens with one attached hydrogen (secondary N) is 2. The number of ketones is 1. The number of carbonyl (C=O) groups excluding carboxylic acids is 1. The van der Waals surface area contributed by atoms with E-state index in [4.69, 9.17) is 5.41 Å². The van der Waals surface area contributed by atoms with Crippen LogP contribution in [-0.4, -0.2) is 16.7 Å². The fourth-order valence-corrected chi connectivity index (χ4v) is 5.69. The Hall–Kier alpha value is -1.55. The van der Waals surface area contributed by atoms with Gasteiger partial charge in [-0.15, -0.1) is 11.8 Å². The fraction of sp³-hybridized carbons (Fsp3) is 0.615. The number of unbranched alkanes of at least 4 members (excludes halogenated alkanes) is 6. The van der Waals surface area contributed by atoms with Crippen molar-refractivity contribution in [3.05, 3.63) is 35.5 Å². The van der Waals surface area contributed by atoms with Crippen LogP contribution >= 0.6 is 11.8 Å². The number of hydrogen-bond acceptors (Lipinski definition) is 4. The minimum Gasteiger partial charge on any atom is -0.358 e. The molecule has 1 saturated carbocycles. The molecule has 1 aliphatic heterocycles. The van der Waals surface area contributed by atoms with Crippen molar-refractivity contribution in [1.29, 1.82) is 5.41 Å². The Labute approximate surface area is 187 Å². The molecule has 0 saturated heterocycles. The molecule has 0 bridgehead atoms. The van der Waals surface area contributed by atoms with Crippen molar-refractivity contribution in [3.8, 4) is 0 Å². The van der Waals surface area contributed by atoms with E-state index in [-0.39, 0.29) is 5.25 Å². The Morgan fingerprint density at radius 1 is 1.03 bits per heavy atom. The summed E-state index contributed by atoms with van der Waals surface area (Å²) in [6.07, 6.45) is 15.4. The number of rotatable bonds is 9. The maximum atomic E-state index is 12.8. The highest BCUT2D eigenvalue weighted by Gasteiger charge is 2.27. The summed E-state index contributed by atoms with van der Waals surface area (Å²) in [5.41, 5.74) is 4.01. The number of hydrogen-bond donors (Lipinski definition) is 2. The molecule has 1 fully saturated rings. The number of thioether (sulfide) groups is 1. The van der Waals surface area contributed by atoms with Gasteiger partial charge in [0.25, 0.3) is 0 Å². The molecule has 1 aromatic rings. The lowest BCUT2D eigenvalue weighted by atomic mass is 9.98. The average molecular weight is 427 g/mol. The minimum absolute atomic E-state index is 0.125. The van der Waals surface area contributed by atoms with Crippen molar-refractivity contribution in [1.82, 2.24) is 0 Å². The molecule has 3 rings (SSSR count). The third kappa shape index (κ3) is 6.73. The Kier molecular flexibility index (Phi) is 9.51. The number of para-hydroxylation sites is 1. The van der Waals surface area contributed by atoms with E-state index in [9.17, 15) is 4.79 Å². The molecule has 1 unspecified atom stereocenters. The molecule has 1 atom stereocenters. The lowest BCUT2D eigenvalue weighted by molar-refractivity contribution is -0.115. The molecule has 0 radical (unpaired) electrons. The molecule has 1 aliphatic carbocycles. The van der Waals surface area contributed by atoms with Crippen molar-refractivity contribution >= 4 is 28.9 Å². The summed E-state index contributed by atoms with van der Waals surface area (Å²) in [6, 6.07) is 8.36. The molecule has 0 aromatic heterocycles. The van der Waals surface area contributed by atoms with Crippen LogP contribution in [0.3, 0.4) is 0 Å². The Morgan fingerprint density at radius 2 is 1.77 bits per heavy atom. The first-order valence-corrected chi connectivity index (χ1v) is 12.9. The summed E-state index contributed by atoms with van der Waals surface area (Å²) in [6.45, 7) is 2.25. The highest BCUT2D eigenvalue weighted by atomic mass is 32.2. The zero-order valence-corrected chi connectivity index (χ0v) is 19.4. The van der Waals surface area contributed by atoms with Gasteiger partial charge in [-0.25, -0.2) is 0 Å². The predicted octanol–water partition coefficient (Wildman–Crippen LogP) is 7.91. The van der Waals surface area contributed by atoms with Crippen LogP contribution in [0.5, 0.6) is 0 Å². The highest BCUT2D eigenvalue weighted by Crippen LogP contribution is 2.40. The topological polar surface area (TPSA) is 53.0 Å². The predicted molar refractivity (Wildman–Crippen MR) is 130 cm³/mol. The van der Waals surface area contributed by atoms with Crippen LogP contribution in [0, 0.1) is 5.41 Å². The average Bonchev–Trinajstić information content (AvgIpc) is 3.08. The third-order valence-corrected chi connectivity index (χ3v) is 7.65. The second-order valence-electron chi connectivity index (χ2n) is 8.77. The SMILES string of the molecule is CCCCCCCCCC(=N)C1CC(=C2CCCCCC2=O)Nc2ccccc2S1. The maximum absolute atomic E-state index is 12.8. The van der Waals surface area contributed by atoms with E-state index in [2.05, 4.69) is 30.4 Å². The van der Waals surface area contributed by atoms with E-state index in [0.717, 1.165) is 67.6 Å². The van der Waals surface area contributed by atoms with Crippen LogP contribution in [0.1, 0.15) is 96.8 Å². The Balaban J connectivity index is 1.68.